The van der Waals surface area contributed by atoms with E-state index in [0.717, 1.165) is 30.3 Å². The molecular weight excluding hydrogens is 426 g/mol. The Labute approximate surface area is 200 Å². The standard InChI is InChI=1S/C27H30N5O2/c1-18-13-19(2)15-22(14-18)31-16-20(3)17-32-23-24(28-26(31)32)29(4)27(34)30(25(23)33)12-8-11-21-9-6-5-7-10-21/h5-11,13-15,20,23H,12,16-17H2,1-4H3/q+1/b11-8+. The van der Waals surface area contributed by atoms with E-state index in [4.69, 9.17) is 4.99 Å². The van der Waals surface area contributed by atoms with Crippen LogP contribution in [0.5, 0.6) is 0 Å². The summed E-state index contributed by atoms with van der Waals surface area (Å²) < 4.78 is 2.07. The monoisotopic (exact) mass is 456 g/mol. The summed E-state index contributed by atoms with van der Waals surface area (Å²) in [6, 6.07) is 15.4. The van der Waals surface area contributed by atoms with E-state index in [9.17, 15) is 9.59 Å². The van der Waals surface area contributed by atoms with E-state index in [-0.39, 0.29) is 18.5 Å². The molecule has 5 rings (SSSR count). The minimum atomic E-state index is -0.584. The van der Waals surface area contributed by atoms with Crippen LogP contribution in [0.2, 0.25) is 0 Å². The van der Waals surface area contributed by atoms with E-state index < -0.39 is 6.04 Å². The Morgan fingerprint density at radius 1 is 1.09 bits per heavy atom. The van der Waals surface area contributed by atoms with Crippen molar-refractivity contribution in [1.29, 1.82) is 0 Å². The van der Waals surface area contributed by atoms with Gasteiger partial charge in [0.15, 0.2) is 0 Å². The number of carbonyl (C=O) groups excluding carboxylic acids is 2. The second-order valence-corrected chi connectivity index (χ2v) is 9.49. The zero-order valence-corrected chi connectivity index (χ0v) is 20.1. The van der Waals surface area contributed by atoms with Crippen molar-refractivity contribution in [2.45, 2.75) is 26.8 Å². The second kappa shape index (κ2) is 8.56. The Balaban J connectivity index is 1.48. The molecule has 0 N–H and O–H groups in total. The molecule has 0 aromatic heterocycles. The Bertz CT molecular complexity index is 1230. The predicted octanol–water partition coefficient (Wildman–Crippen LogP) is 3.52. The number of urea groups is 1. The van der Waals surface area contributed by atoms with Crippen molar-refractivity contribution in [1.82, 2.24) is 9.80 Å². The van der Waals surface area contributed by atoms with Gasteiger partial charge in [-0.25, -0.2) is 14.3 Å². The topological polar surface area (TPSA) is 59.2 Å². The van der Waals surface area contributed by atoms with Crippen LogP contribution in [0.4, 0.5) is 10.5 Å². The fourth-order valence-electron chi connectivity index (χ4n) is 5.05. The van der Waals surface area contributed by atoms with E-state index in [1.165, 1.54) is 20.9 Å². The summed E-state index contributed by atoms with van der Waals surface area (Å²) in [6.07, 6.45) is 3.79. The van der Waals surface area contributed by atoms with Crippen LogP contribution in [0.3, 0.4) is 0 Å². The van der Waals surface area contributed by atoms with Gasteiger partial charge >= 0.3 is 12.0 Å². The molecule has 3 aliphatic rings. The van der Waals surface area contributed by atoms with Crippen LogP contribution < -0.4 is 4.90 Å². The molecule has 3 heterocycles. The number of aryl methyl sites for hydroxylation is 2. The highest BCUT2D eigenvalue weighted by Gasteiger charge is 2.54. The number of carbonyl (C=O) groups is 2. The van der Waals surface area contributed by atoms with Gasteiger partial charge in [-0.3, -0.25) is 14.6 Å². The highest BCUT2D eigenvalue weighted by Crippen LogP contribution is 2.29. The lowest BCUT2D eigenvalue weighted by atomic mass is 10.1. The fraction of sp³-hybridized carbons (Fsp3) is 0.333. The largest absolute Gasteiger partial charge is 0.397 e. The van der Waals surface area contributed by atoms with Crippen molar-refractivity contribution in [3.63, 3.8) is 0 Å². The minimum Gasteiger partial charge on any atom is -0.270 e. The Morgan fingerprint density at radius 3 is 2.50 bits per heavy atom. The molecule has 2 aromatic carbocycles. The zero-order valence-electron chi connectivity index (χ0n) is 20.1. The van der Waals surface area contributed by atoms with Crippen molar-refractivity contribution in [3.8, 4) is 0 Å². The summed E-state index contributed by atoms with van der Waals surface area (Å²) in [6.45, 7) is 8.11. The molecule has 174 valence electrons. The summed E-state index contributed by atoms with van der Waals surface area (Å²) in [5, 5.41) is 0. The van der Waals surface area contributed by atoms with Gasteiger partial charge in [0.25, 0.3) is 5.91 Å². The highest BCUT2D eigenvalue weighted by atomic mass is 16.2. The molecule has 0 radical (unpaired) electrons. The summed E-state index contributed by atoms with van der Waals surface area (Å²) in [5.74, 6) is 1.37. The van der Waals surface area contributed by atoms with Gasteiger partial charge in [-0.05, 0) is 42.7 Å². The van der Waals surface area contributed by atoms with Crippen molar-refractivity contribution >= 4 is 35.5 Å². The molecule has 3 amide bonds. The summed E-state index contributed by atoms with van der Waals surface area (Å²) in [5.41, 5.74) is 4.46. The summed E-state index contributed by atoms with van der Waals surface area (Å²) >= 11 is 0. The maximum absolute atomic E-state index is 13.6. The summed E-state index contributed by atoms with van der Waals surface area (Å²) in [7, 11) is 1.71. The van der Waals surface area contributed by atoms with Crippen LogP contribution in [-0.4, -0.2) is 70.8 Å². The van der Waals surface area contributed by atoms with E-state index in [1.54, 1.807) is 7.05 Å². The Morgan fingerprint density at radius 2 is 1.79 bits per heavy atom. The molecule has 0 spiro atoms. The lowest BCUT2D eigenvalue weighted by molar-refractivity contribution is -0.545. The number of likely N-dealkylation sites (N-methyl/N-ethyl adjacent to an activating group) is 1. The van der Waals surface area contributed by atoms with E-state index in [2.05, 4.69) is 48.4 Å². The molecule has 1 saturated heterocycles. The first-order chi connectivity index (χ1) is 16.3. The van der Waals surface area contributed by atoms with Crippen LogP contribution in [0.25, 0.3) is 6.08 Å². The number of anilines is 1. The smallest absolute Gasteiger partial charge is 0.270 e. The first-order valence-corrected chi connectivity index (χ1v) is 11.7. The molecule has 1 fully saturated rings. The molecule has 0 aliphatic carbocycles. The van der Waals surface area contributed by atoms with Gasteiger partial charge in [0.2, 0.25) is 11.9 Å². The van der Waals surface area contributed by atoms with Crippen molar-refractivity contribution in [2.75, 3.05) is 31.6 Å². The van der Waals surface area contributed by atoms with Crippen molar-refractivity contribution in [3.05, 3.63) is 71.3 Å². The van der Waals surface area contributed by atoms with Gasteiger partial charge in [-0.2, -0.15) is 0 Å². The average Bonchev–Trinajstić information content (AvgIpc) is 3.19. The third-order valence-corrected chi connectivity index (χ3v) is 6.55. The molecule has 7 nitrogen and oxygen atoms in total. The maximum atomic E-state index is 13.6. The van der Waals surface area contributed by atoms with Gasteiger partial charge in [0, 0.05) is 19.5 Å². The van der Waals surface area contributed by atoms with Gasteiger partial charge in [-0.15, -0.1) is 0 Å². The van der Waals surface area contributed by atoms with Gasteiger partial charge in [0.05, 0.1) is 13.1 Å². The second-order valence-electron chi connectivity index (χ2n) is 9.49. The number of benzene rings is 2. The van der Waals surface area contributed by atoms with Crippen LogP contribution >= 0.6 is 0 Å². The number of hydrogen-bond donors (Lipinski definition) is 0. The third-order valence-electron chi connectivity index (χ3n) is 6.55. The molecule has 3 aliphatic heterocycles. The number of amides is 3. The third kappa shape index (κ3) is 3.81. The molecule has 7 heteroatoms. The molecule has 2 atom stereocenters. The van der Waals surface area contributed by atoms with Crippen molar-refractivity contribution in [2.24, 2.45) is 10.9 Å². The quantitative estimate of drug-likeness (QED) is 0.662. The van der Waals surface area contributed by atoms with E-state index in [1.807, 2.05) is 42.5 Å². The molecule has 0 saturated carbocycles. The SMILES string of the molecule is Cc1cc(C)cc(N2CC(C)C[N+]3=C2N=C2C3C(=O)N(C/C=C/c3ccccc3)C(=O)N2C)c1. The molecule has 2 aromatic rings. The number of nitrogens with zero attached hydrogens (tertiary/aromatic N) is 5. The van der Waals surface area contributed by atoms with Crippen LogP contribution in [0, 0.1) is 19.8 Å². The predicted molar refractivity (Wildman–Crippen MR) is 134 cm³/mol. The van der Waals surface area contributed by atoms with Crippen LogP contribution in [0.15, 0.2) is 59.6 Å². The first-order valence-electron chi connectivity index (χ1n) is 11.7. The number of hydrogen-bond acceptors (Lipinski definition) is 4. The van der Waals surface area contributed by atoms with Gasteiger partial charge < -0.3 is 0 Å². The Kier molecular flexibility index (Phi) is 5.55. The first kappa shape index (κ1) is 22.1. The van der Waals surface area contributed by atoms with Crippen LogP contribution in [0.1, 0.15) is 23.6 Å². The highest BCUT2D eigenvalue weighted by molar-refractivity contribution is 6.24. The maximum Gasteiger partial charge on any atom is 0.397 e. The number of rotatable bonds is 4. The van der Waals surface area contributed by atoms with Crippen LogP contribution in [-0.2, 0) is 4.79 Å². The number of imide groups is 1. The lowest BCUT2D eigenvalue weighted by Crippen LogP contribution is -2.63. The lowest BCUT2D eigenvalue weighted by Gasteiger charge is -2.35. The average molecular weight is 457 g/mol. The Hall–Kier alpha value is -3.74. The number of fused-ring (bicyclic) bond motifs is 2. The number of aliphatic imine (C=N–C) groups is 1. The van der Waals surface area contributed by atoms with Gasteiger partial charge in [0.1, 0.15) is 5.69 Å². The molecule has 34 heavy (non-hydrogen) atoms. The normalized spacial score (nSPS) is 22.5. The number of guanidine groups is 1. The number of amidine groups is 1. The fourth-order valence-corrected chi connectivity index (χ4v) is 5.05. The molecule has 2 unspecified atom stereocenters. The molecule has 0 bridgehead atoms. The van der Waals surface area contributed by atoms with Gasteiger partial charge in [-0.1, -0.05) is 60.5 Å². The molecular formula is C27H30N5O2+. The van der Waals surface area contributed by atoms with E-state index in [0.29, 0.717) is 11.8 Å². The summed E-state index contributed by atoms with van der Waals surface area (Å²) in [4.78, 5) is 36.6. The van der Waals surface area contributed by atoms with E-state index >= 15 is 0 Å². The zero-order chi connectivity index (χ0) is 24.0. The minimum absolute atomic E-state index is 0.218. The van der Waals surface area contributed by atoms with Crippen molar-refractivity contribution < 1.29 is 14.2 Å².